The average Bonchev–Trinajstić information content (AvgIpc) is 2.95. The maximum absolute atomic E-state index is 11.9. The number of carbonyl (C=O) groups is 1. The molecule has 23 heavy (non-hydrogen) atoms. The molecule has 8 heteroatoms. The van der Waals surface area contributed by atoms with E-state index in [1.807, 2.05) is 0 Å². The van der Waals surface area contributed by atoms with Crippen LogP contribution >= 0.6 is 23.2 Å². The van der Waals surface area contributed by atoms with Gasteiger partial charge in [0, 0.05) is 18.1 Å². The van der Waals surface area contributed by atoms with Crippen LogP contribution in [0, 0.1) is 0 Å². The molecule has 1 aromatic heterocycles. The van der Waals surface area contributed by atoms with Crippen molar-refractivity contribution in [1.82, 2.24) is 9.88 Å². The van der Waals surface area contributed by atoms with E-state index in [2.05, 4.69) is 4.98 Å². The predicted octanol–water partition coefficient (Wildman–Crippen LogP) is 1.92. The Hall–Kier alpha value is -1.60. The largest absolute Gasteiger partial charge is 0.495 e. The lowest BCUT2D eigenvalue weighted by molar-refractivity contribution is -0.137. The summed E-state index contributed by atoms with van der Waals surface area (Å²) in [5, 5.41) is 20.1. The van der Waals surface area contributed by atoms with Crippen LogP contribution in [-0.4, -0.2) is 46.3 Å². The predicted molar refractivity (Wildman–Crippen MR) is 85.8 cm³/mol. The van der Waals surface area contributed by atoms with Crippen molar-refractivity contribution in [2.45, 2.75) is 12.6 Å². The van der Waals surface area contributed by atoms with Gasteiger partial charge in [-0.2, -0.15) is 0 Å². The monoisotopic (exact) mass is 356 g/mol. The lowest BCUT2D eigenvalue weighted by Gasteiger charge is -2.23. The highest BCUT2D eigenvalue weighted by Gasteiger charge is 2.35. The molecule has 2 heterocycles. The fraction of sp³-hybridized carbons (Fsp3) is 0.333. The molecule has 0 saturated heterocycles. The lowest BCUT2D eigenvalue weighted by atomic mass is 10.0. The molecule has 122 valence electrons. The van der Waals surface area contributed by atoms with Crippen LogP contribution in [0.4, 0.5) is 0 Å². The Morgan fingerprint density at radius 1 is 1.43 bits per heavy atom. The summed E-state index contributed by atoms with van der Waals surface area (Å²) in [4.78, 5) is 17.6. The van der Waals surface area contributed by atoms with E-state index < -0.39 is 18.6 Å². The Balaban J connectivity index is 2.27. The van der Waals surface area contributed by atoms with Gasteiger partial charge in [0.05, 0.1) is 30.3 Å². The molecule has 1 aromatic carbocycles. The summed E-state index contributed by atoms with van der Waals surface area (Å²) in [5.41, 5.74) is 2.02. The van der Waals surface area contributed by atoms with Crippen LogP contribution in [0.1, 0.15) is 17.2 Å². The van der Waals surface area contributed by atoms with Crippen LogP contribution in [0.3, 0.4) is 0 Å². The molecule has 1 unspecified atom stereocenters. The average molecular weight is 357 g/mol. The van der Waals surface area contributed by atoms with Crippen LogP contribution in [0.15, 0.2) is 12.3 Å². The Kier molecular flexibility index (Phi) is 4.33. The highest BCUT2D eigenvalue weighted by atomic mass is 35.5. The van der Waals surface area contributed by atoms with Crippen molar-refractivity contribution in [3.8, 4) is 5.75 Å². The molecule has 6 nitrogen and oxygen atoms in total. The highest BCUT2D eigenvalue weighted by molar-refractivity contribution is 6.46. The van der Waals surface area contributed by atoms with Gasteiger partial charge in [-0.1, -0.05) is 23.2 Å². The zero-order chi connectivity index (χ0) is 16.7. The number of benzene rings is 1. The number of halogens is 2. The maximum Gasteiger partial charge on any atom is 0.249 e. The third-order valence-corrected chi connectivity index (χ3v) is 4.87. The zero-order valence-corrected chi connectivity index (χ0v) is 13.7. The SMILES string of the molecule is COc1cc2c3c(cnc2c(Cl)c1Cl)CN(C(=O)CO)C3CO. The summed E-state index contributed by atoms with van der Waals surface area (Å²) < 4.78 is 5.23. The first-order chi connectivity index (χ1) is 11.0. The summed E-state index contributed by atoms with van der Waals surface area (Å²) in [6.45, 7) is -0.627. The van der Waals surface area contributed by atoms with E-state index >= 15 is 0 Å². The Bertz CT molecular complexity index is 797. The maximum atomic E-state index is 11.9. The molecule has 2 N–H and O–H groups in total. The van der Waals surface area contributed by atoms with Gasteiger partial charge < -0.3 is 19.8 Å². The van der Waals surface area contributed by atoms with Crippen molar-refractivity contribution in [2.75, 3.05) is 20.3 Å². The first-order valence-electron chi connectivity index (χ1n) is 6.88. The van der Waals surface area contributed by atoms with Gasteiger partial charge in [-0.15, -0.1) is 0 Å². The molecule has 0 fully saturated rings. The number of pyridine rings is 1. The van der Waals surface area contributed by atoms with Crippen molar-refractivity contribution in [2.24, 2.45) is 0 Å². The fourth-order valence-electron chi connectivity index (χ4n) is 2.97. The number of rotatable bonds is 3. The number of carbonyl (C=O) groups excluding carboxylic acids is 1. The molecular weight excluding hydrogens is 343 g/mol. The number of amides is 1. The second-order valence-corrected chi connectivity index (χ2v) is 5.93. The molecule has 2 aromatic rings. The molecule has 3 rings (SSSR count). The zero-order valence-electron chi connectivity index (χ0n) is 12.2. The number of aliphatic hydroxyl groups is 2. The minimum Gasteiger partial charge on any atom is -0.495 e. The Morgan fingerprint density at radius 2 is 2.17 bits per heavy atom. The lowest BCUT2D eigenvalue weighted by Crippen LogP contribution is -2.33. The number of hydrogen-bond donors (Lipinski definition) is 2. The number of hydrogen-bond acceptors (Lipinski definition) is 5. The van der Waals surface area contributed by atoms with Gasteiger partial charge in [-0.25, -0.2) is 0 Å². The van der Waals surface area contributed by atoms with E-state index in [4.69, 9.17) is 33.0 Å². The van der Waals surface area contributed by atoms with E-state index in [0.29, 0.717) is 16.7 Å². The van der Waals surface area contributed by atoms with E-state index in [1.54, 1.807) is 12.3 Å². The molecule has 0 aliphatic carbocycles. The smallest absolute Gasteiger partial charge is 0.249 e. The van der Waals surface area contributed by atoms with Crippen LogP contribution in [0.5, 0.6) is 5.75 Å². The highest BCUT2D eigenvalue weighted by Crippen LogP contribution is 2.44. The van der Waals surface area contributed by atoms with E-state index in [9.17, 15) is 9.90 Å². The van der Waals surface area contributed by atoms with Gasteiger partial charge in [0.25, 0.3) is 0 Å². The third-order valence-electron chi connectivity index (χ3n) is 4.03. The van der Waals surface area contributed by atoms with Gasteiger partial charge in [-0.05, 0) is 17.2 Å². The molecule has 0 saturated carbocycles. The summed E-state index contributed by atoms with van der Waals surface area (Å²) in [6.07, 6.45) is 1.61. The summed E-state index contributed by atoms with van der Waals surface area (Å²) in [7, 11) is 1.48. The number of ether oxygens (including phenoxy) is 1. The van der Waals surface area contributed by atoms with E-state index in [-0.39, 0.29) is 23.2 Å². The molecule has 1 atom stereocenters. The molecule has 0 spiro atoms. The Labute approximate surface area is 142 Å². The summed E-state index contributed by atoms with van der Waals surface area (Å²) in [5.74, 6) is -0.0663. The summed E-state index contributed by atoms with van der Waals surface area (Å²) in [6, 6.07) is 1.13. The number of nitrogens with zero attached hydrogens (tertiary/aromatic N) is 2. The fourth-order valence-corrected chi connectivity index (χ4v) is 3.43. The standard InChI is InChI=1S/C15H14Cl2N2O4/c1-23-10-2-8-12-7(3-18-15(8)14(17)13(10)16)4-19(9(12)5-20)11(22)6-21/h2-3,9,20-21H,4-6H2,1H3. The minimum atomic E-state index is -0.619. The summed E-state index contributed by atoms with van der Waals surface area (Å²) >= 11 is 12.4. The van der Waals surface area contributed by atoms with Crippen molar-refractivity contribution in [3.63, 3.8) is 0 Å². The number of methoxy groups -OCH3 is 1. The van der Waals surface area contributed by atoms with Gasteiger partial charge in [0.15, 0.2) is 0 Å². The minimum absolute atomic E-state index is 0.257. The number of aliphatic hydroxyl groups excluding tert-OH is 2. The first-order valence-corrected chi connectivity index (χ1v) is 7.63. The number of fused-ring (bicyclic) bond motifs is 3. The van der Waals surface area contributed by atoms with Crippen LogP contribution in [0.2, 0.25) is 10.0 Å². The quantitative estimate of drug-likeness (QED) is 0.877. The third kappa shape index (κ3) is 2.42. The van der Waals surface area contributed by atoms with Gasteiger partial charge in [0.1, 0.15) is 17.4 Å². The van der Waals surface area contributed by atoms with E-state index in [0.717, 1.165) is 11.1 Å². The topological polar surface area (TPSA) is 82.9 Å². The van der Waals surface area contributed by atoms with Crippen molar-refractivity contribution < 1.29 is 19.7 Å². The van der Waals surface area contributed by atoms with Crippen molar-refractivity contribution in [3.05, 3.63) is 33.4 Å². The number of aromatic nitrogens is 1. The van der Waals surface area contributed by atoms with Gasteiger partial charge >= 0.3 is 0 Å². The molecule has 1 amide bonds. The van der Waals surface area contributed by atoms with Crippen molar-refractivity contribution in [1.29, 1.82) is 0 Å². The molecule has 0 radical (unpaired) electrons. The molecule has 1 aliphatic rings. The van der Waals surface area contributed by atoms with Gasteiger partial charge in [0.2, 0.25) is 5.91 Å². The van der Waals surface area contributed by atoms with Gasteiger partial charge in [-0.3, -0.25) is 9.78 Å². The van der Waals surface area contributed by atoms with Crippen LogP contribution < -0.4 is 4.74 Å². The van der Waals surface area contributed by atoms with Crippen LogP contribution in [-0.2, 0) is 11.3 Å². The molecule has 0 bridgehead atoms. The van der Waals surface area contributed by atoms with Crippen LogP contribution in [0.25, 0.3) is 10.9 Å². The first kappa shape index (κ1) is 16.3. The van der Waals surface area contributed by atoms with E-state index in [1.165, 1.54) is 12.0 Å². The second kappa shape index (κ2) is 6.13. The van der Waals surface area contributed by atoms with Crippen molar-refractivity contribution >= 4 is 40.0 Å². The normalized spacial score (nSPS) is 16.7. The second-order valence-electron chi connectivity index (χ2n) is 5.18. The molecular formula is C15H14Cl2N2O4. The molecule has 1 aliphatic heterocycles. The Morgan fingerprint density at radius 3 is 2.78 bits per heavy atom.